The lowest BCUT2D eigenvalue weighted by molar-refractivity contribution is 0.0701. The van der Waals surface area contributed by atoms with E-state index in [1.807, 2.05) is 4.90 Å². The van der Waals surface area contributed by atoms with Crippen LogP contribution in [-0.4, -0.2) is 31.8 Å². The maximum absolute atomic E-state index is 12.7. The molecule has 1 aromatic rings. The van der Waals surface area contributed by atoms with Gasteiger partial charge in [-0.05, 0) is 49.4 Å². The van der Waals surface area contributed by atoms with Crippen LogP contribution < -0.4 is 0 Å². The highest BCUT2D eigenvalue weighted by Crippen LogP contribution is 2.27. The van der Waals surface area contributed by atoms with Crippen molar-refractivity contribution in [2.75, 3.05) is 6.54 Å². The van der Waals surface area contributed by atoms with Gasteiger partial charge in [-0.25, -0.2) is 8.42 Å². The molecule has 1 aromatic carbocycles. The molecule has 1 aliphatic heterocycles. The van der Waals surface area contributed by atoms with E-state index in [4.69, 9.17) is 10.7 Å². The zero-order valence-corrected chi connectivity index (χ0v) is 14.0. The van der Waals surface area contributed by atoms with Crippen LogP contribution in [0.1, 0.15) is 42.6 Å². The highest BCUT2D eigenvalue weighted by molar-refractivity contribution is 8.13. The average Bonchev–Trinajstić information content (AvgIpc) is 2.85. The molecular weight excluding hydrogens is 310 g/mol. The maximum Gasteiger partial charge on any atom is 0.261 e. The number of likely N-dealkylation sites (tertiary alicyclic amines) is 1. The second-order valence-corrected chi connectivity index (χ2v) is 8.49. The van der Waals surface area contributed by atoms with E-state index in [1.165, 1.54) is 12.1 Å². The summed E-state index contributed by atoms with van der Waals surface area (Å²) in [7, 11) is 1.56. The topological polar surface area (TPSA) is 54.5 Å². The Balaban J connectivity index is 2.38. The lowest BCUT2D eigenvalue weighted by atomic mass is 10.0. The zero-order chi connectivity index (χ0) is 15.8. The van der Waals surface area contributed by atoms with Crippen molar-refractivity contribution in [3.63, 3.8) is 0 Å². The minimum absolute atomic E-state index is 0.0205. The summed E-state index contributed by atoms with van der Waals surface area (Å²) < 4.78 is 23.0. The fourth-order valence-corrected chi connectivity index (χ4v) is 3.78. The Morgan fingerprint density at radius 3 is 2.57 bits per heavy atom. The lowest BCUT2D eigenvalue weighted by Gasteiger charge is -2.28. The molecule has 4 nitrogen and oxygen atoms in total. The highest BCUT2D eigenvalue weighted by Gasteiger charge is 2.31. The second kappa shape index (κ2) is 5.97. The van der Waals surface area contributed by atoms with Crippen molar-refractivity contribution in [1.82, 2.24) is 4.90 Å². The number of carbonyl (C=O) groups excluding carboxylic acids is 1. The van der Waals surface area contributed by atoms with Gasteiger partial charge in [-0.15, -0.1) is 0 Å². The molecule has 1 fully saturated rings. The standard InChI is InChI=1S/C15H20ClNO3S/c1-10(2)14-5-4-6-17(14)15(18)12-7-11(3)8-13(9-12)21(16,19)20/h7-10,14H,4-6H2,1-3H3. The van der Waals surface area contributed by atoms with Gasteiger partial charge in [-0.3, -0.25) is 4.79 Å². The molecule has 0 radical (unpaired) electrons. The van der Waals surface area contributed by atoms with Gasteiger partial charge in [0, 0.05) is 28.8 Å². The Morgan fingerprint density at radius 2 is 2.00 bits per heavy atom. The summed E-state index contributed by atoms with van der Waals surface area (Å²) in [6.45, 7) is 6.67. The van der Waals surface area contributed by atoms with E-state index in [2.05, 4.69) is 13.8 Å². The summed E-state index contributed by atoms with van der Waals surface area (Å²) in [4.78, 5) is 14.5. The number of carbonyl (C=O) groups is 1. The summed E-state index contributed by atoms with van der Waals surface area (Å²) in [6.07, 6.45) is 1.98. The number of benzene rings is 1. The first-order valence-corrected chi connectivity index (χ1v) is 9.38. The number of amides is 1. The summed E-state index contributed by atoms with van der Waals surface area (Å²) >= 11 is 0. The molecular formula is C15H20ClNO3S. The van der Waals surface area contributed by atoms with Crippen LogP contribution in [0, 0.1) is 12.8 Å². The van der Waals surface area contributed by atoms with Gasteiger partial charge in [0.1, 0.15) is 0 Å². The molecule has 1 amide bonds. The summed E-state index contributed by atoms with van der Waals surface area (Å²) in [5.41, 5.74) is 1.10. The van der Waals surface area contributed by atoms with Gasteiger partial charge in [-0.2, -0.15) is 0 Å². The van der Waals surface area contributed by atoms with E-state index in [0.29, 0.717) is 17.0 Å². The van der Waals surface area contributed by atoms with Gasteiger partial charge in [0.05, 0.1) is 4.90 Å². The predicted molar refractivity (Wildman–Crippen MR) is 83.1 cm³/mol. The molecule has 1 saturated heterocycles. The van der Waals surface area contributed by atoms with Gasteiger partial charge in [0.2, 0.25) is 0 Å². The monoisotopic (exact) mass is 329 g/mol. The highest BCUT2D eigenvalue weighted by atomic mass is 35.7. The zero-order valence-electron chi connectivity index (χ0n) is 12.5. The molecule has 0 N–H and O–H groups in total. The number of hydrogen-bond donors (Lipinski definition) is 0. The van der Waals surface area contributed by atoms with E-state index in [1.54, 1.807) is 13.0 Å². The van der Waals surface area contributed by atoms with E-state index in [9.17, 15) is 13.2 Å². The van der Waals surface area contributed by atoms with Crippen LogP contribution in [0.2, 0.25) is 0 Å². The molecule has 2 rings (SSSR count). The molecule has 1 unspecified atom stereocenters. The summed E-state index contributed by atoms with van der Waals surface area (Å²) in [5, 5.41) is 0. The minimum Gasteiger partial charge on any atom is -0.335 e. The molecule has 0 aliphatic carbocycles. The largest absolute Gasteiger partial charge is 0.335 e. The fraction of sp³-hybridized carbons (Fsp3) is 0.533. The smallest absolute Gasteiger partial charge is 0.261 e. The molecule has 116 valence electrons. The van der Waals surface area contributed by atoms with Crippen LogP contribution in [-0.2, 0) is 9.05 Å². The van der Waals surface area contributed by atoms with Gasteiger partial charge < -0.3 is 4.90 Å². The van der Waals surface area contributed by atoms with Crippen molar-refractivity contribution in [2.45, 2.75) is 44.6 Å². The molecule has 6 heteroatoms. The number of rotatable bonds is 3. The Labute approximate surface area is 130 Å². The first-order chi connectivity index (χ1) is 9.70. The molecule has 0 spiro atoms. The predicted octanol–water partition coefficient (Wildman–Crippen LogP) is 3.18. The summed E-state index contributed by atoms with van der Waals surface area (Å²) in [6, 6.07) is 4.77. The average molecular weight is 330 g/mol. The van der Waals surface area contributed by atoms with Crippen LogP contribution in [0.5, 0.6) is 0 Å². The number of nitrogens with zero attached hydrogens (tertiary/aromatic N) is 1. The van der Waals surface area contributed by atoms with Gasteiger partial charge >= 0.3 is 0 Å². The molecule has 1 aliphatic rings. The third-order valence-corrected chi connectivity index (χ3v) is 5.24. The van der Waals surface area contributed by atoms with Crippen molar-refractivity contribution < 1.29 is 13.2 Å². The first-order valence-electron chi connectivity index (χ1n) is 7.07. The number of halogens is 1. The molecule has 0 bridgehead atoms. The Kier molecular flexibility index (Phi) is 4.63. The van der Waals surface area contributed by atoms with E-state index >= 15 is 0 Å². The third kappa shape index (κ3) is 3.58. The normalized spacial score (nSPS) is 19.3. The fourth-order valence-electron chi connectivity index (χ4n) is 2.92. The quantitative estimate of drug-likeness (QED) is 0.800. The molecule has 1 atom stereocenters. The summed E-state index contributed by atoms with van der Waals surface area (Å²) in [5.74, 6) is 0.272. The Hall–Kier alpha value is -1.07. The van der Waals surface area contributed by atoms with Crippen molar-refractivity contribution in [3.8, 4) is 0 Å². The second-order valence-electron chi connectivity index (χ2n) is 5.92. The van der Waals surface area contributed by atoms with E-state index in [0.717, 1.165) is 19.4 Å². The van der Waals surface area contributed by atoms with Crippen LogP contribution >= 0.6 is 10.7 Å². The van der Waals surface area contributed by atoms with Crippen molar-refractivity contribution in [2.24, 2.45) is 5.92 Å². The third-order valence-electron chi connectivity index (χ3n) is 3.91. The minimum atomic E-state index is -3.83. The van der Waals surface area contributed by atoms with Crippen LogP contribution in [0.3, 0.4) is 0 Å². The molecule has 21 heavy (non-hydrogen) atoms. The van der Waals surface area contributed by atoms with Crippen molar-refractivity contribution in [3.05, 3.63) is 29.3 Å². The number of hydrogen-bond acceptors (Lipinski definition) is 3. The van der Waals surface area contributed by atoms with Crippen molar-refractivity contribution in [1.29, 1.82) is 0 Å². The SMILES string of the molecule is Cc1cc(C(=O)N2CCCC2C(C)C)cc(S(=O)(=O)Cl)c1. The number of aryl methyl sites for hydroxylation is 1. The van der Waals surface area contributed by atoms with Crippen molar-refractivity contribution >= 4 is 25.6 Å². The molecule has 0 saturated carbocycles. The van der Waals surface area contributed by atoms with Crippen LogP contribution in [0.15, 0.2) is 23.1 Å². The van der Waals surface area contributed by atoms with E-state index in [-0.39, 0.29) is 16.8 Å². The van der Waals surface area contributed by atoms with Gasteiger partial charge in [0.25, 0.3) is 15.0 Å². The maximum atomic E-state index is 12.7. The lowest BCUT2D eigenvalue weighted by Crippen LogP contribution is -2.38. The van der Waals surface area contributed by atoms with Crippen LogP contribution in [0.25, 0.3) is 0 Å². The Morgan fingerprint density at radius 1 is 1.33 bits per heavy atom. The Bertz CT molecular complexity index is 655. The van der Waals surface area contributed by atoms with Gasteiger partial charge in [-0.1, -0.05) is 13.8 Å². The molecule has 0 aromatic heterocycles. The van der Waals surface area contributed by atoms with E-state index < -0.39 is 9.05 Å². The first kappa shape index (κ1) is 16.3. The van der Waals surface area contributed by atoms with Gasteiger partial charge in [0.15, 0.2) is 0 Å². The van der Waals surface area contributed by atoms with Crippen LogP contribution in [0.4, 0.5) is 0 Å². The molecule has 1 heterocycles.